The summed E-state index contributed by atoms with van der Waals surface area (Å²) in [7, 11) is 2.08. The summed E-state index contributed by atoms with van der Waals surface area (Å²) in [4.78, 5) is 11.5. The third-order valence-electron chi connectivity index (χ3n) is 4.56. The lowest BCUT2D eigenvalue weighted by Gasteiger charge is -2.15. The van der Waals surface area contributed by atoms with Crippen LogP contribution in [-0.4, -0.2) is 40.5 Å². The van der Waals surface area contributed by atoms with Crippen molar-refractivity contribution in [1.82, 2.24) is 19.8 Å². The van der Waals surface area contributed by atoms with Gasteiger partial charge in [0.2, 0.25) is 0 Å². The van der Waals surface area contributed by atoms with Gasteiger partial charge in [0.05, 0.1) is 17.6 Å². The van der Waals surface area contributed by atoms with E-state index in [-0.39, 0.29) is 0 Å². The number of aliphatic imine (C=N–C) groups is 1. The maximum Gasteiger partial charge on any atom is 0.194 e. The number of nitrogens with one attached hydrogen (secondary N) is 1. The Kier molecular flexibility index (Phi) is 3.28. The van der Waals surface area contributed by atoms with Gasteiger partial charge >= 0.3 is 0 Å². The van der Waals surface area contributed by atoms with Crippen LogP contribution in [0, 0.1) is 0 Å². The molecule has 0 saturated heterocycles. The number of hydrogen-bond donors (Lipinski definition) is 1. The lowest BCUT2D eigenvalue weighted by Crippen LogP contribution is -2.35. The average Bonchev–Trinajstić information content (AvgIpc) is 3.18. The van der Waals surface area contributed by atoms with E-state index in [0.29, 0.717) is 6.04 Å². The van der Waals surface area contributed by atoms with Gasteiger partial charge in [0.25, 0.3) is 0 Å². The molecule has 1 aromatic carbocycles. The summed E-state index contributed by atoms with van der Waals surface area (Å²) in [5.41, 5.74) is 3.68. The Balaban J connectivity index is 1.58. The standard InChI is InChI=1S/C17H23N5/c1-3-16-20-14-10-12(11-19-17-18-8-9-21(17)2)4-7-15(14)22(16)13-5-6-13/h4,7,10,13H,3,5-6,8-9,11H2,1-2H3,(H,18,19). The molecule has 116 valence electrons. The maximum absolute atomic E-state index is 4.84. The summed E-state index contributed by atoms with van der Waals surface area (Å²) < 4.78 is 2.45. The van der Waals surface area contributed by atoms with E-state index < -0.39 is 0 Å². The second-order valence-corrected chi connectivity index (χ2v) is 6.29. The number of guanidine groups is 1. The smallest absolute Gasteiger partial charge is 0.194 e. The van der Waals surface area contributed by atoms with Gasteiger partial charge in [-0.05, 0) is 30.5 Å². The van der Waals surface area contributed by atoms with Crippen LogP contribution in [-0.2, 0) is 13.0 Å². The highest BCUT2D eigenvalue weighted by molar-refractivity contribution is 5.81. The molecule has 0 spiro atoms. The molecule has 1 aliphatic carbocycles. The van der Waals surface area contributed by atoms with Crippen molar-refractivity contribution >= 4 is 17.0 Å². The number of aryl methyl sites for hydroxylation is 1. The zero-order valence-corrected chi connectivity index (χ0v) is 13.3. The lowest BCUT2D eigenvalue weighted by atomic mass is 10.2. The second-order valence-electron chi connectivity index (χ2n) is 6.29. The molecule has 0 amide bonds. The van der Waals surface area contributed by atoms with Crippen molar-refractivity contribution in [3.05, 3.63) is 29.6 Å². The first-order chi connectivity index (χ1) is 10.8. The minimum Gasteiger partial charge on any atom is -0.352 e. The molecule has 2 aliphatic rings. The number of hydrogen-bond acceptors (Lipinski definition) is 4. The molecule has 22 heavy (non-hydrogen) atoms. The third-order valence-corrected chi connectivity index (χ3v) is 4.56. The van der Waals surface area contributed by atoms with Crippen molar-refractivity contribution in [2.75, 3.05) is 20.1 Å². The van der Waals surface area contributed by atoms with E-state index in [9.17, 15) is 0 Å². The number of likely N-dealkylation sites (N-methyl/N-ethyl adjacent to an activating group) is 1. The molecule has 2 aromatic rings. The van der Waals surface area contributed by atoms with Crippen molar-refractivity contribution in [3.8, 4) is 0 Å². The van der Waals surface area contributed by atoms with Gasteiger partial charge in [-0.25, -0.2) is 4.98 Å². The fraction of sp³-hybridized carbons (Fsp3) is 0.529. The third kappa shape index (κ3) is 2.34. The Labute approximate surface area is 131 Å². The molecule has 0 unspecified atom stereocenters. The van der Waals surface area contributed by atoms with Crippen molar-refractivity contribution < 1.29 is 0 Å². The number of imidazole rings is 1. The quantitative estimate of drug-likeness (QED) is 0.942. The Hall–Kier alpha value is -2.04. The Bertz CT molecular complexity index is 726. The predicted molar refractivity (Wildman–Crippen MR) is 89.2 cm³/mol. The SMILES string of the molecule is CCc1nc2cc(CNC3=NCCN3C)ccc2n1C1CC1. The van der Waals surface area contributed by atoms with Gasteiger partial charge in [0, 0.05) is 32.6 Å². The molecule has 1 aliphatic heterocycles. The Morgan fingerprint density at radius 1 is 1.32 bits per heavy atom. The molecular weight excluding hydrogens is 274 g/mol. The summed E-state index contributed by atoms with van der Waals surface area (Å²) in [5, 5.41) is 3.42. The first-order valence-electron chi connectivity index (χ1n) is 8.25. The van der Waals surface area contributed by atoms with E-state index in [1.54, 1.807) is 0 Å². The number of fused-ring (bicyclic) bond motifs is 1. The molecule has 0 bridgehead atoms. The normalized spacial score (nSPS) is 18.1. The van der Waals surface area contributed by atoms with Crippen LogP contribution in [0.3, 0.4) is 0 Å². The molecule has 5 heteroatoms. The molecule has 2 heterocycles. The van der Waals surface area contributed by atoms with Crippen LogP contribution in [0.1, 0.15) is 37.2 Å². The van der Waals surface area contributed by atoms with Crippen molar-refractivity contribution in [3.63, 3.8) is 0 Å². The van der Waals surface area contributed by atoms with Crippen molar-refractivity contribution in [2.24, 2.45) is 4.99 Å². The van der Waals surface area contributed by atoms with Crippen LogP contribution in [0.25, 0.3) is 11.0 Å². The molecular formula is C17H23N5. The minimum atomic E-state index is 0.686. The van der Waals surface area contributed by atoms with Crippen LogP contribution in [0.2, 0.25) is 0 Å². The van der Waals surface area contributed by atoms with Gasteiger partial charge in [-0.1, -0.05) is 13.0 Å². The molecule has 1 N–H and O–H groups in total. The van der Waals surface area contributed by atoms with E-state index in [4.69, 9.17) is 4.98 Å². The van der Waals surface area contributed by atoms with Gasteiger partial charge in [0.15, 0.2) is 5.96 Å². The number of rotatable bonds is 4. The minimum absolute atomic E-state index is 0.686. The average molecular weight is 297 g/mol. The van der Waals surface area contributed by atoms with E-state index in [1.165, 1.54) is 29.7 Å². The monoisotopic (exact) mass is 297 g/mol. The van der Waals surface area contributed by atoms with Crippen molar-refractivity contribution in [2.45, 2.75) is 38.8 Å². The highest BCUT2D eigenvalue weighted by Crippen LogP contribution is 2.38. The van der Waals surface area contributed by atoms with Gasteiger partial charge in [-0.15, -0.1) is 0 Å². The van der Waals surface area contributed by atoms with Gasteiger partial charge < -0.3 is 14.8 Å². The van der Waals surface area contributed by atoms with Gasteiger partial charge in [-0.3, -0.25) is 4.99 Å². The molecule has 1 saturated carbocycles. The van der Waals surface area contributed by atoms with Crippen LogP contribution in [0.15, 0.2) is 23.2 Å². The summed E-state index contributed by atoms with van der Waals surface area (Å²) in [6.07, 6.45) is 3.60. The highest BCUT2D eigenvalue weighted by atomic mass is 15.3. The summed E-state index contributed by atoms with van der Waals surface area (Å²) in [6, 6.07) is 7.35. The lowest BCUT2D eigenvalue weighted by molar-refractivity contribution is 0.534. The molecule has 5 nitrogen and oxygen atoms in total. The van der Waals surface area contributed by atoms with Gasteiger partial charge in [0.1, 0.15) is 5.82 Å². The van der Waals surface area contributed by atoms with Crippen LogP contribution < -0.4 is 5.32 Å². The van der Waals surface area contributed by atoms with E-state index >= 15 is 0 Å². The summed E-state index contributed by atoms with van der Waals surface area (Å²) >= 11 is 0. The Morgan fingerprint density at radius 2 is 2.18 bits per heavy atom. The molecule has 0 radical (unpaired) electrons. The summed E-state index contributed by atoms with van der Waals surface area (Å²) in [6.45, 7) is 4.89. The number of nitrogens with zero attached hydrogens (tertiary/aromatic N) is 4. The summed E-state index contributed by atoms with van der Waals surface area (Å²) in [5.74, 6) is 2.22. The second kappa shape index (κ2) is 5.30. The van der Waals surface area contributed by atoms with Crippen LogP contribution >= 0.6 is 0 Å². The van der Waals surface area contributed by atoms with Crippen molar-refractivity contribution in [1.29, 1.82) is 0 Å². The largest absolute Gasteiger partial charge is 0.352 e. The fourth-order valence-corrected chi connectivity index (χ4v) is 3.20. The molecule has 4 rings (SSSR count). The number of benzene rings is 1. The Morgan fingerprint density at radius 3 is 2.86 bits per heavy atom. The highest BCUT2D eigenvalue weighted by Gasteiger charge is 2.27. The van der Waals surface area contributed by atoms with Gasteiger partial charge in [-0.2, -0.15) is 0 Å². The van der Waals surface area contributed by atoms with E-state index in [1.807, 2.05) is 0 Å². The molecule has 0 atom stereocenters. The molecule has 1 fully saturated rings. The van der Waals surface area contributed by atoms with Crippen LogP contribution in [0.4, 0.5) is 0 Å². The van der Waals surface area contributed by atoms with E-state index in [0.717, 1.165) is 37.5 Å². The first kappa shape index (κ1) is 13.6. The predicted octanol–water partition coefficient (Wildman–Crippen LogP) is 2.32. The maximum atomic E-state index is 4.84. The van der Waals surface area contributed by atoms with Crippen LogP contribution in [0.5, 0.6) is 0 Å². The fourth-order valence-electron chi connectivity index (χ4n) is 3.20. The zero-order chi connectivity index (χ0) is 15.1. The topological polar surface area (TPSA) is 45.5 Å². The molecule has 1 aromatic heterocycles. The first-order valence-corrected chi connectivity index (χ1v) is 8.25. The number of aromatic nitrogens is 2. The van der Waals surface area contributed by atoms with E-state index in [2.05, 4.69) is 51.9 Å². The zero-order valence-electron chi connectivity index (χ0n) is 13.3.